The van der Waals surface area contributed by atoms with E-state index in [1.165, 1.54) is 50.9 Å². The molecule has 1 saturated heterocycles. The number of hydrogen-bond donors (Lipinski definition) is 1. The fourth-order valence-electron chi connectivity index (χ4n) is 2.28. The van der Waals surface area contributed by atoms with Gasteiger partial charge < -0.3 is 14.6 Å². The zero-order valence-electron chi connectivity index (χ0n) is 10.3. The molecule has 4 heteroatoms. The van der Waals surface area contributed by atoms with Crippen molar-refractivity contribution in [3.63, 3.8) is 0 Å². The van der Waals surface area contributed by atoms with Crippen LogP contribution in [0.1, 0.15) is 31.2 Å². The molecule has 3 nitrogen and oxygen atoms in total. The van der Waals surface area contributed by atoms with Crippen molar-refractivity contribution in [2.45, 2.75) is 32.2 Å². The Hall–Kier alpha value is -0.320. The van der Waals surface area contributed by atoms with Crippen LogP contribution in [-0.2, 0) is 6.54 Å². The first-order valence-corrected chi connectivity index (χ1v) is 7.30. The molecule has 1 aliphatic heterocycles. The monoisotopic (exact) mass is 300 g/mol. The summed E-state index contributed by atoms with van der Waals surface area (Å²) in [5.41, 5.74) is 1.20. The van der Waals surface area contributed by atoms with Crippen molar-refractivity contribution in [3.8, 4) is 0 Å². The highest BCUT2D eigenvalue weighted by atomic mass is 79.9. The summed E-state index contributed by atoms with van der Waals surface area (Å²) in [7, 11) is 0. The maximum Gasteiger partial charge on any atom is 0.173 e. The molecular formula is C13H21BrN2O. The highest BCUT2D eigenvalue weighted by molar-refractivity contribution is 9.10. The molecule has 1 N–H and O–H groups in total. The van der Waals surface area contributed by atoms with Crippen LogP contribution in [0, 0.1) is 0 Å². The standard InChI is InChI=1S/C13H21BrN2O/c14-13-12(5-10-17-13)11-15-6-4-9-16-7-2-1-3-8-16/h5,10,15H,1-4,6-9,11H2. The molecule has 1 fully saturated rings. The summed E-state index contributed by atoms with van der Waals surface area (Å²) in [6.07, 6.45) is 7.14. The molecule has 0 amide bonds. The topological polar surface area (TPSA) is 28.4 Å². The van der Waals surface area contributed by atoms with Crippen molar-refractivity contribution in [3.05, 3.63) is 22.6 Å². The van der Waals surface area contributed by atoms with Gasteiger partial charge in [-0.1, -0.05) is 6.42 Å². The van der Waals surface area contributed by atoms with Crippen LogP contribution in [0.5, 0.6) is 0 Å². The molecule has 0 unspecified atom stereocenters. The van der Waals surface area contributed by atoms with Gasteiger partial charge in [0.15, 0.2) is 4.67 Å². The van der Waals surface area contributed by atoms with Crippen LogP contribution in [0.4, 0.5) is 0 Å². The van der Waals surface area contributed by atoms with Crippen LogP contribution >= 0.6 is 15.9 Å². The quantitative estimate of drug-likeness (QED) is 0.819. The van der Waals surface area contributed by atoms with Crippen LogP contribution < -0.4 is 5.32 Å². The fraction of sp³-hybridized carbons (Fsp3) is 0.692. The zero-order valence-corrected chi connectivity index (χ0v) is 11.8. The van der Waals surface area contributed by atoms with E-state index in [1.54, 1.807) is 6.26 Å². The van der Waals surface area contributed by atoms with E-state index in [-0.39, 0.29) is 0 Å². The number of hydrogen-bond acceptors (Lipinski definition) is 3. The molecule has 1 aromatic heterocycles. The van der Waals surface area contributed by atoms with Crippen molar-refractivity contribution in [1.29, 1.82) is 0 Å². The van der Waals surface area contributed by atoms with E-state index in [0.29, 0.717) is 0 Å². The summed E-state index contributed by atoms with van der Waals surface area (Å²) < 4.78 is 6.03. The van der Waals surface area contributed by atoms with E-state index in [4.69, 9.17) is 4.42 Å². The lowest BCUT2D eigenvalue weighted by Gasteiger charge is -2.26. The maximum atomic E-state index is 5.19. The van der Waals surface area contributed by atoms with Gasteiger partial charge in [-0.25, -0.2) is 0 Å². The Balaban J connectivity index is 1.53. The minimum atomic E-state index is 0.848. The number of piperidine rings is 1. The van der Waals surface area contributed by atoms with Gasteiger partial charge >= 0.3 is 0 Å². The molecule has 0 radical (unpaired) electrons. The van der Waals surface area contributed by atoms with Gasteiger partial charge in [0.1, 0.15) is 0 Å². The predicted octanol–water partition coefficient (Wildman–Crippen LogP) is 3.01. The lowest BCUT2D eigenvalue weighted by molar-refractivity contribution is 0.225. The summed E-state index contributed by atoms with van der Waals surface area (Å²) >= 11 is 3.38. The van der Waals surface area contributed by atoms with E-state index in [9.17, 15) is 0 Å². The van der Waals surface area contributed by atoms with E-state index < -0.39 is 0 Å². The number of halogens is 1. The molecule has 1 aromatic rings. The second-order valence-electron chi connectivity index (χ2n) is 4.65. The van der Waals surface area contributed by atoms with Crippen molar-refractivity contribution < 1.29 is 4.42 Å². The number of nitrogens with zero attached hydrogens (tertiary/aromatic N) is 1. The highest BCUT2D eigenvalue weighted by Crippen LogP contribution is 2.16. The number of furan rings is 1. The molecule has 17 heavy (non-hydrogen) atoms. The molecule has 96 valence electrons. The smallest absolute Gasteiger partial charge is 0.173 e. The molecule has 2 rings (SSSR count). The predicted molar refractivity (Wildman–Crippen MR) is 73.0 cm³/mol. The first kappa shape index (κ1) is 13.1. The van der Waals surface area contributed by atoms with Gasteiger partial charge in [-0.15, -0.1) is 0 Å². The SMILES string of the molecule is Brc1occc1CNCCCN1CCCCC1. The van der Waals surface area contributed by atoms with Gasteiger partial charge in [-0.05, 0) is 67.4 Å². The minimum absolute atomic E-state index is 0.848. The summed E-state index contributed by atoms with van der Waals surface area (Å²) in [5.74, 6) is 0. The third-order valence-corrected chi connectivity index (χ3v) is 3.98. The van der Waals surface area contributed by atoms with Gasteiger partial charge in [0, 0.05) is 12.1 Å². The molecule has 1 aliphatic rings. The van der Waals surface area contributed by atoms with E-state index >= 15 is 0 Å². The van der Waals surface area contributed by atoms with Gasteiger partial charge in [0.2, 0.25) is 0 Å². The Morgan fingerprint density at radius 3 is 2.82 bits per heavy atom. The van der Waals surface area contributed by atoms with Crippen LogP contribution in [0.2, 0.25) is 0 Å². The Bertz CT molecular complexity index is 321. The van der Waals surface area contributed by atoms with Crippen LogP contribution in [0.25, 0.3) is 0 Å². The van der Waals surface area contributed by atoms with Gasteiger partial charge in [0.05, 0.1) is 6.26 Å². The summed E-state index contributed by atoms with van der Waals surface area (Å²) in [4.78, 5) is 2.58. The van der Waals surface area contributed by atoms with Crippen LogP contribution in [-0.4, -0.2) is 31.1 Å². The zero-order chi connectivity index (χ0) is 11.9. The molecule has 0 aromatic carbocycles. The Morgan fingerprint density at radius 2 is 2.12 bits per heavy atom. The highest BCUT2D eigenvalue weighted by Gasteiger charge is 2.08. The van der Waals surface area contributed by atoms with E-state index in [0.717, 1.165) is 17.8 Å². The molecule has 2 heterocycles. The van der Waals surface area contributed by atoms with Crippen molar-refractivity contribution >= 4 is 15.9 Å². The van der Waals surface area contributed by atoms with Crippen LogP contribution in [0.15, 0.2) is 21.4 Å². The van der Waals surface area contributed by atoms with Gasteiger partial charge in [-0.3, -0.25) is 0 Å². The number of nitrogens with one attached hydrogen (secondary N) is 1. The average Bonchev–Trinajstić information content (AvgIpc) is 2.76. The fourth-order valence-corrected chi connectivity index (χ4v) is 2.66. The summed E-state index contributed by atoms with van der Waals surface area (Å²) in [6.45, 7) is 5.80. The average molecular weight is 301 g/mol. The van der Waals surface area contributed by atoms with Gasteiger partial charge in [-0.2, -0.15) is 0 Å². The first-order valence-electron chi connectivity index (χ1n) is 6.51. The lowest BCUT2D eigenvalue weighted by atomic mass is 10.1. The van der Waals surface area contributed by atoms with Crippen molar-refractivity contribution in [1.82, 2.24) is 10.2 Å². The Kier molecular flexibility index (Phi) is 5.55. The largest absolute Gasteiger partial charge is 0.457 e. The number of likely N-dealkylation sites (tertiary alicyclic amines) is 1. The second-order valence-corrected chi connectivity index (χ2v) is 5.37. The van der Waals surface area contributed by atoms with E-state index in [2.05, 4.69) is 26.1 Å². The molecular weight excluding hydrogens is 280 g/mol. The maximum absolute atomic E-state index is 5.19. The van der Waals surface area contributed by atoms with Crippen molar-refractivity contribution in [2.24, 2.45) is 0 Å². The second kappa shape index (κ2) is 7.19. The molecule has 0 spiro atoms. The first-order chi connectivity index (χ1) is 8.36. The third kappa shape index (κ3) is 4.45. The van der Waals surface area contributed by atoms with Crippen LogP contribution in [0.3, 0.4) is 0 Å². The summed E-state index contributed by atoms with van der Waals surface area (Å²) in [6, 6.07) is 2.00. The Morgan fingerprint density at radius 1 is 1.29 bits per heavy atom. The normalized spacial score (nSPS) is 17.5. The third-order valence-electron chi connectivity index (χ3n) is 3.29. The molecule has 0 bridgehead atoms. The molecule has 0 atom stereocenters. The molecule has 0 aliphatic carbocycles. The van der Waals surface area contributed by atoms with Crippen molar-refractivity contribution in [2.75, 3.05) is 26.2 Å². The van der Waals surface area contributed by atoms with E-state index in [1.807, 2.05) is 6.07 Å². The minimum Gasteiger partial charge on any atom is -0.457 e. The lowest BCUT2D eigenvalue weighted by Crippen LogP contribution is -2.32. The number of rotatable bonds is 6. The Labute approximate surface area is 112 Å². The summed E-state index contributed by atoms with van der Waals surface area (Å²) in [5, 5.41) is 3.45. The van der Waals surface area contributed by atoms with Gasteiger partial charge in [0.25, 0.3) is 0 Å². The molecule has 0 saturated carbocycles.